The zero-order valence-electron chi connectivity index (χ0n) is 13.6. The minimum Gasteiger partial charge on any atom is -0.337 e. The van der Waals surface area contributed by atoms with Crippen LogP contribution in [-0.4, -0.2) is 33.8 Å². The molecule has 2 aliphatic heterocycles. The number of thiocarbonyl (C=S) groups is 1. The topological polar surface area (TPSA) is 45.6 Å². The SMILES string of the molecule is CN1C(=O)/C(=c2/s/c(=C3\Sc4ccccc4N3C)c(=O)n2C)SC1=S. The Balaban J connectivity index is 1.98. The number of aromatic nitrogens is 1. The molecular weight excluding hydrogens is 394 g/mol. The van der Waals surface area contributed by atoms with Crippen LogP contribution in [0, 0.1) is 0 Å². The van der Waals surface area contributed by atoms with Crippen LogP contribution in [0.5, 0.6) is 0 Å². The van der Waals surface area contributed by atoms with E-state index in [2.05, 4.69) is 0 Å². The lowest BCUT2D eigenvalue weighted by molar-refractivity contribution is -0.119. The fourth-order valence-electron chi connectivity index (χ4n) is 2.66. The van der Waals surface area contributed by atoms with E-state index in [0.29, 0.717) is 18.4 Å². The van der Waals surface area contributed by atoms with E-state index in [1.165, 1.54) is 28.0 Å². The molecule has 1 aromatic carbocycles. The summed E-state index contributed by atoms with van der Waals surface area (Å²) in [6.07, 6.45) is 0. The summed E-state index contributed by atoms with van der Waals surface area (Å²) in [6.45, 7) is 0. The van der Waals surface area contributed by atoms with Crippen molar-refractivity contribution < 1.29 is 4.79 Å². The van der Waals surface area contributed by atoms with Gasteiger partial charge in [0.15, 0.2) is 0 Å². The summed E-state index contributed by atoms with van der Waals surface area (Å²) in [6, 6.07) is 8.05. The molecule has 0 spiro atoms. The average Bonchev–Trinajstić information content (AvgIpc) is 3.18. The largest absolute Gasteiger partial charge is 0.337 e. The van der Waals surface area contributed by atoms with Gasteiger partial charge in [0, 0.05) is 26.0 Å². The van der Waals surface area contributed by atoms with E-state index in [0.717, 1.165) is 15.6 Å². The Morgan fingerprint density at radius 1 is 1.00 bits per heavy atom. The number of hydrogen-bond acceptors (Lipinski definition) is 7. The van der Waals surface area contributed by atoms with Gasteiger partial charge < -0.3 is 9.47 Å². The summed E-state index contributed by atoms with van der Waals surface area (Å²) in [5.74, 6) is -0.154. The standard InChI is InChI=1S/C16H13N3O2S4/c1-17-8-6-4-5-7-9(8)23-14(17)10-12(20)18(2)15(24-10)11-13(21)19(3)16(22)25-11/h4-7H,1-3H3/b14-10-,15-11-. The molecule has 0 atom stereocenters. The first kappa shape index (κ1) is 16.9. The maximum atomic E-state index is 12.8. The fourth-order valence-corrected chi connectivity index (χ4v) is 6.46. The molecule has 1 fully saturated rings. The second-order valence-corrected chi connectivity index (χ2v) is 9.27. The molecule has 5 nitrogen and oxygen atoms in total. The molecular formula is C16H13N3O2S4. The summed E-state index contributed by atoms with van der Waals surface area (Å²) in [5, 5.41) is 0.894. The first-order valence-electron chi connectivity index (χ1n) is 7.35. The van der Waals surface area contributed by atoms with Crippen LogP contribution in [0.1, 0.15) is 0 Å². The smallest absolute Gasteiger partial charge is 0.271 e. The van der Waals surface area contributed by atoms with Crippen LogP contribution >= 0.6 is 47.1 Å². The van der Waals surface area contributed by atoms with Crippen molar-refractivity contribution in [2.75, 3.05) is 19.0 Å². The number of hydrogen-bond donors (Lipinski definition) is 0. The molecule has 0 saturated carbocycles. The summed E-state index contributed by atoms with van der Waals surface area (Å²) in [5.41, 5.74) is 0.989. The van der Waals surface area contributed by atoms with Crippen LogP contribution in [0.15, 0.2) is 34.0 Å². The van der Waals surface area contributed by atoms with Crippen LogP contribution in [0.4, 0.5) is 5.69 Å². The molecule has 1 aromatic heterocycles. The number of amides is 1. The molecule has 0 bridgehead atoms. The van der Waals surface area contributed by atoms with Crippen molar-refractivity contribution in [2.24, 2.45) is 7.05 Å². The monoisotopic (exact) mass is 407 g/mol. The second-order valence-electron chi connectivity index (χ2n) is 5.60. The zero-order valence-corrected chi connectivity index (χ0v) is 16.9. The van der Waals surface area contributed by atoms with E-state index < -0.39 is 0 Å². The minimum absolute atomic E-state index is 0.0940. The quantitative estimate of drug-likeness (QED) is 0.615. The van der Waals surface area contributed by atoms with Gasteiger partial charge >= 0.3 is 0 Å². The van der Waals surface area contributed by atoms with Crippen molar-refractivity contribution in [2.45, 2.75) is 4.90 Å². The van der Waals surface area contributed by atoms with Gasteiger partial charge in [-0.2, -0.15) is 0 Å². The number of thioether (sulfide) groups is 2. The Labute approximate surface area is 161 Å². The van der Waals surface area contributed by atoms with Gasteiger partial charge in [-0.15, -0.1) is 11.3 Å². The number of carbonyl (C=O) groups is 1. The van der Waals surface area contributed by atoms with Crippen molar-refractivity contribution in [3.8, 4) is 0 Å². The maximum absolute atomic E-state index is 12.8. The number of benzene rings is 1. The minimum atomic E-state index is -0.154. The Hall–Kier alpha value is -1.55. The Kier molecular flexibility index (Phi) is 4.06. The molecule has 0 N–H and O–H groups in total. The molecule has 128 valence electrons. The molecule has 3 heterocycles. The van der Waals surface area contributed by atoms with E-state index in [-0.39, 0.29) is 11.5 Å². The highest BCUT2D eigenvalue weighted by atomic mass is 32.2. The van der Waals surface area contributed by atoms with Gasteiger partial charge in [-0.05, 0) is 12.1 Å². The van der Waals surface area contributed by atoms with Crippen LogP contribution in [0.2, 0.25) is 0 Å². The molecule has 0 unspecified atom stereocenters. The van der Waals surface area contributed by atoms with Crippen LogP contribution in [0.3, 0.4) is 0 Å². The van der Waals surface area contributed by atoms with Gasteiger partial charge in [0.25, 0.3) is 11.5 Å². The number of thiazole rings is 1. The third-order valence-electron chi connectivity index (χ3n) is 4.09. The third kappa shape index (κ3) is 2.49. The van der Waals surface area contributed by atoms with E-state index in [1.54, 1.807) is 30.4 Å². The lowest BCUT2D eigenvalue weighted by atomic mass is 10.3. The molecule has 1 saturated heterocycles. The first-order chi connectivity index (χ1) is 11.9. The van der Waals surface area contributed by atoms with Gasteiger partial charge in [0.05, 0.1) is 5.69 Å². The average molecular weight is 408 g/mol. The summed E-state index contributed by atoms with van der Waals surface area (Å²) in [4.78, 5) is 30.3. The van der Waals surface area contributed by atoms with E-state index in [9.17, 15) is 9.59 Å². The Morgan fingerprint density at radius 3 is 2.36 bits per heavy atom. The fraction of sp³-hybridized carbons (Fsp3) is 0.188. The molecule has 2 aromatic rings. The van der Waals surface area contributed by atoms with Crippen molar-refractivity contribution in [3.05, 3.63) is 43.8 Å². The molecule has 1 amide bonds. The van der Waals surface area contributed by atoms with Crippen molar-refractivity contribution in [1.29, 1.82) is 0 Å². The number of fused-ring (bicyclic) bond motifs is 1. The Morgan fingerprint density at radius 2 is 1.72 bits per heavy atom. The predicted octanol–water partition coefficient (Wildman–Crippen LogP) is 1.35. The highest BCUT2D eigenvalue weighted by Gasteiger charge is 2.31. The van der Waals surface area contributed by atoms with Crippen LogP contribution in [0.25, 0.3) is 9.93 Å². The highest BCUT2D eigenvalue weighted by Crippen LogP contribution is 2.44. The molecule has 25 heavy (non-hydrogen) atoms. The van der Waals surface area contributed by atoms with E-state index >= 15 is 0 Å². The summed E-state index contributed by atoms with van der Waals surface area (Å²) < 4.78 is 3.35. The van der Waals surface area contributed by atoms with Crippen molar-refractivity contribution in [3.63, 3.8) is 0 Å². The van der Waals surface area contributed by atoms with Gasteiger partial charge in [-0.25, -0.2) is 0 Å². The molecule has 0 aliphatic carbocycles. The lowest BCUT2D eigenvalue weighted by Gasteiger charge is -2.11. The summed E-state index contributed by atoms with van der Waals surface area (Å²) in [7, 11) is 5.31. The van der Waals surface area contributed by atoms with Gasteiger partial charge in [-0.3, -0.25) is 14.5 Å². The summed E-state index contributed by atoms with van der Waals surface area (Å²) >= 11 is 9.38. The second kappa shape index (κ2) is 6.01. The molecule has 0 radical (unpaired) electrons. The number of rotatable bonds is 0. The maximum Gasteiger partial charge on any atom is 0.271 e. The normalized spacial score (nSPS) is 21.4. The van der Waals surface area contributed by atoms with Gasteiger partial charge in [0.2, 0.25) is 0 Å². The third-order valence-corrected chi connectivity index (χ3v) is 8.37. The van der Waals surface area contributed by atoms with Crippen LogP contribution in [-0.2, 0) is 11.8 Å². The molecule has 9 heteroatoms. The van der Waals surface area contributed by atoms with E-state index in [1.807, 2.05) is 36.2 Å². The van der Waals surface area contributed by atoms with Crippen LogP contribution < -0.4 is 19.7 Å². The predicted molar refractivity (Wildman–Crippen MR) is 109 cm³/mol. The zero-order chi connectivity index (χ0) is 17.9. The van der Waals surface area contributed by atoms with E-state index in [4.69, 9.17) is 12.2 Å². The molecule has 4 rings (SSSR count). The number of carbonyl (C=O) groups excluding carboxylic acids is 1. The number of nitrogens with zero attached hydrogens (tertiary/aromatic N) is 3. The highest BCUT2D eigenvalue weighted by molar-refractivity contribution is 8.30. The number of para-hydroxylation sites is 1. The van der Waals surface area contributed by atoms with Gasteiger partial charge in [-0.1, -0.05) is 47.9 Å². The van der Waals surface area contributed by atoms with Crippen molar-refractivity contribution in [1.82, 2.24) is 9.47 Å². The van der Waals surface area contributed by atoms with Crippen molar-refractivity contribution >= 4 is 72.9 Å². The lowest BCUT2D eigenvalue weighted by Crippen LogP contribution is -2.32. The number of anilines is 1. The van der Waals surface area contributed by atoms with Gasteiger partial charge in [0.1, 0.15) is 23.4 Å². The Bertz CT molecular complexity index is 1120. The molecule has 2 aliphatic rings. The first-order valence-corrected chi connectivity index (χ1v) is 10.2.